The topological polar surface area (TPSA) is 12.0 Å². The summed E-state index contributed by atoms with van der Waals surface area (Å²) in [6, 6.07) is 0. The second kappa shape index (κ2) is 9.25. The summed E-state index contributed by atoms with van der Waals surface area (Å²) in [4.78, 5) is 0. The van der Waals surface area contributed by atoms with Crippen LogP contribution in [0.1, 0.15) is 32.6 Å². The van der Waals surface area contributed by atoms with Crippen LogP contribution in [-0.2, 0) is 0 Å². The van der Waals surface area contributed by atoms with Gasteiger partial charge in [0.05, 0.1) is 0 Å². The molecule has 0 aliphatic carbocycles. The predicted molar refractivity (Wildman–Crippen MR) is 47.7 cm³/mol. The molecule has 0 aromatic rings. The van der Waals surface area contributed by atoms with E-state index in [1.165, 1.54) is 25.7 Å². The van der Waals surface area contributed by atoms with Gasteiger partial charge in [-0.05, 0) is 13.0 Å². The first kappa shape index (κ1) is 10.2. The molecule has 0 aliphatic rings. The maximum absolute atomic E-state index is 5.48. The third-order valence-corrected chi connectivity index (χ3v) is 1.67. The van der Waals surface area contributed by atoms with Crippen LogP contribution >= 0.6 is 11.6 Å². The van der Waals surface area contributed by atoms with Crippen LogP contribution in [0.15, 0.2) is 0 Å². The first-order valence-electron chi connectivity index (χ1n) is 4.18. The van der Waals surface area contributed by atoms with Crippen LogP contribution in [0, 0.1) is 0 Å². The van der Waals surface area contributed by atoms with Gasteiger partial charge in [-0.15, -0.1) is 11.6 Å². The lowest BCUT2D eigenvalue weighted by Crippen LogP contribution is -2.17. The van der Waals surface area contributed by atoms with Crippen LogP contribution in [0.3, 0.4) is 0 Å². The van der Waals surface area contributed by atoms with Crippen molar-refractivity contribution in [3.63, 3.8) is 0 Å². The van der Waals surface area contributed by atoms with Crippen molar-refractivity contribution in [1.82, 2.24) is 5.32 Å². The van der Waals surface area contributed by atoms with E-state index in [9.17, 15) is 0 Å². The molecule has 0 aliphatic heterocycles. The fourth-order valence-corrected chi connectivity index (χ4v) is 1.00. The van der Waals surface area contributed by atoms with Gasteiger partial charge >= 0.3 is 0 Å². The van der Waals surface area contributed by atoms with Gasteiger partial charge in [0.2, 0.25) is 0 Å². The number of rotatable bonds is 7. The average Bonchev–Trinajstić information content (AvgIpc) is 1.97. The third kappa shape index (κ3) is 8.25. The first-order valence-corrected chi connectivity index (χ1v) is 4.72. The third-order valence-electron chi connectivity index (χ3n) is 1.48. The van der Waals surface area contributed by atoms with E-state index in [1.54, 1.807) is 0 Å². The van der Waals surface area contributed by atoms with E-state index in [4.69, 9.17) is 11.6 Å². The summed E-state index contributed by atoms with van der Waals surface area (Å²) in [6.07, 6.45) is 5.33. The molecule has 0 bridgehead atoms. The molecule has 0 spiro atoms. The Kier molecular flexibility index (Phi) is 9.48. The summed E-state index contributed by atoms with van der Waals surface area (Å²) in [6.45, 7) is 4.31. The van der Waals surface area contributed by atoms with Gasteiger partial charge in [0.15, 0.2) is 0 Å². The number of halogens is 1. The zero-order valence-corrected chi connectivity index (χ0v) is 7.58. The van der Waals surface area contributed by atoms with E-state index in [-0.39, 0.29) is 0 Å². The smallest absolute Gasteiger partial charge is 0.0348 e. The lowest BCUT2D eigenvalue weighted by molar-refractivity contribution is 0.612. The zero-order chi connectivity index (χ0) is 7.66. The Morgan fingerprint density at radius 2 is 1.90 bits per heavy atom. The SMILES string of the molecule is CCCCCCNCCCl. The van der Waals surface area contributed by atoms with Crippen LogP contribution < -0.4 is 5.32 Å². The molecule has 0 rings (SSSR count). The highest BCUT2D eigenvalue weighted by atomic mass is 35.5. The normalized spacial score (nSPS) is 10.2. The van der Waals surface area contributed by atoms with Crippen molar-refractivity contribution in [3.05, 3.63) is 0 Å². The molecular formula is C8H18ClN. The molecule has 2 heteroatoms. The Labute approximate surface area is 69.1 Å². The molecule has 0 amide bonds. The number of hydrogen-bond acceptors (Lipinski definition) is 1. The molecule has 0 atom stereocenters. The summed E-state index contributed by atoms with van der Waals surface area (Å²) >= 11 is 5.48. The largest absolute Gasteiger partial charge is 0.316 e. The van der Waals surface area contributed by atoms with E-state index < -0.39 is 0 Å². The summed E-state index contributed by atoms with van der Waals surface area (Å²) in [5.74, 6) is 0.730. The molecule has 0 saturated heterocycles. The van der Waals surface area contributed by atoms with Gasteiger partial charge in [0.25, 0.3) is 0 Å². The molecule has 0 saturated carbocycles. The molecule has 0 unspecified atom stereocenters. The van der Waals surface area contributed by atoms with Crippen LogP contribution in [0.2, 0.25) is 0 Å². The molecule has 62 valence electrons. The number of hydrogen-bond donors (Lipinski definition) is 1. The van der Waals surface area contributed by atoms with Gasteiger partial charge in [0, 0.05) is 12.4 Å². The number of nitrogens with one attached hydrogen (secondary N) is 1. The Balaban J connectivity index is 2.65. The van der Waals surface area contributed by atoms with E-state index >= 15 is 0 Å². The van der Waals surface area contributed by atoms with E-state index in [0.717, 1.165) is 19.0 Å². The molecule has 10 heavy (non-hydrogen) atoms. The van der Waals surface area contributed by atoms with Gasteiger partial charge < -0.3 is 5.32 Å². The number of unbranched alkanes of at least 4 members (excludes halogenated alkanes) is 3. The minimum absolute atomic E-state index is 0.730. The highest BCUT2D eigenvalue weighted by Gasteiger charge is 1.86. The maximum Gasteiger partial charge on any atom is 0.0348 e. The Bertz CT molecular complexity index is 49.2. The lowest BCUT2D eigenvalue weighted by atomic mass is 10.2. The maximum atomic E-state index is 5.48. The van der Waals surface area contributed by atoms with Crippen LogP contribution in [0.25, 0.3) is 0 Å². The minimum atomic E-state index is 0.730. The summed E-state index contributed by atoms with van der Waals surface area (Å²) in [7, 11) is 0. The summed E-state index contributed by atoms with van der Waals surface area (Å²) < 4.78 is 0. The summed E-state index contributed by atoms with van der Waals surface area (Å²) in [5.41, 5.74) is 0. The van der Waals surface area contributed by atoms with Crippen LogP contribution in [0.4, 0.5) is 0 Å². The second-order valence-corrected chi connectivity index (χ2v) is 2.88. The molecule has 1 nitrogen and oxygen atoms in total. The quantitative estimate of drug-likeness (QED) is 0.449. The van der Waals surface area contributed by atoms with E-state index in [0.29, 0.717) is 0 Å². The Hall–Kier alpha value is 0.250. The highest BCUT2D eigenvalue weighted by Crippen LogP contribution is 1.96. The van der Waals surface area contributed by atoms with Gasteiger partial charge in [-0.2, -0.15) is 0 Å². The van der Waals surface area contributed by atoms with E-state index in [1.807, 2.05) is 0 Å². The average molecular weight is 164 g/mol. The first-order chi connectivity index (χ1) is 4.91. The van der Waals surface area contributed by atoms with Crippen molar-refractivity contribution in [3.8, 4) is 0 Å². The fraction of sp³-hybridized carbons (Fsp3) is 1.00. The molecular weight excluding hydrogens is 146 g/mol. The lowest BCUT2D eigenvalue weighted by Gasteiger charge is -2.00. The standard InChI is InChI=1S/C8H18ClN/c1-2-3-4-5-7-10-8-6-9/h10H,2-8H2,1H3. The van der Waals surface area contributed by atoms with Crippen molar-refractivity contribution >= 4 is 11.6 Å². The van der Waals surface area contributed by atoms with Gasteiger partial charge in [-0.3, -0.25) is 0 Å². The monoisotopic (exact) mass is 163 g/mol. The highest BCUT2D eigenvalue weighted by molar-refractivity contribution is 6.18. The van der Waals surface area contributed by atoms with Gasteiger partial charge in [0.1, 0.15) is 0 Å². The summed E-state index contributed by atoms with van der Waals surface area (Å²) in [5, 5.41) is 3.26. The molecule has 0 radical (unpaired) electrons. The molecule has 0 fully saturated rings. The Morgan fingerprint density at radius 3 is 2.50 bits per heavy atom. The molecule has 0 aromatic heterocycles. The number of alkyl halides is 1. The molecule has 0 aromatic carbocycles. The van der Waals surface area contributed by atoms with Crippen LogP contribution in [-0.4, -0.2) is 19.0 Å². The van der Waals surface area contributed by atoms with Crippen molar-refractivity contribution in [1.29, 1.82) is 0 Å². The minimum Gasteiger partial charge on any atom is -0.316 e. The molecule has 0 heterocycles. The van der Waals surface area contributed by atoms with E-state index in [2.05, 4.69) is 12.2 Å². The van der Waals surface area contributed by atoms with Crippen molar-refractivity contribution in [2.45, 2.75) is 32.6 Å². The zero-order valence-electron chi connectivity index (χ0n) is 6.83. The molecule has 1 N–H and O–H groups in total. The second-order valence-electron chi connectivity index (χ2n) is 2.50. The van der Waals surface area contributed by atoms with Crippen molar-refractivity contribution < 1.29 is 0 Å². The van der Waals surface area contributed by atoms with Gasteiger partial charge in [-0.1, -0.05) is 26.2 Å². The Morgan fingerprint density at radius 1 is 1.10 bits per heavy atom. The van der Waals surface area contributed by atoms with Crippen molar-refractivity contribution in [2.75, 3.05) is 19.0 Å². The van der Waals surface area contributed by atoms with Crippen molar-refractivity contribution in [2.24, 2.45) is 0 Å². The fourth-order valence-electron chi connectivity index (χ4n) is 0.869. The van der Waals surface area contributed by atoms with Crippen LogP contribution in [0.5, 0.6) is 0 Å². The predicted octanol–water partition coefficient (Wildman–Crippen LogP) is 2.40. The van der Waals surface area contributed by atoms with Gasteiger partial charge in [-0.25, -0.2) is 0 Å².